The van der Waals surface area contributed by atoms with Gasteiger partial charge in [0.1, 0.15) is 11.5 Å². The fraction of sp³-hybridized carbons (Fsp3) is 0.0526. The molecule has 0 aliphatic heterocycles. The van der Waals surface area contributed by atoms with Crippen LogP contribution in [-0.4, -0.2) is 11.8 Å². The first kappa shape index (κ1) is 17.6. The molecule has 0 saturated heterocycles. The molecule has 26 heavy (non-hydrogen) atoms. The number of carbonyl (C=O) groups is 2. The molecule has 2 N–H and O–H groups in total. The van der Waals surface area contributed by atoms with Gasteiger partial charge in [0, 0.05) is 5.02 Å². The minimum atomic E-state index is -0.525. The summed E-state index contributed by atoms with van der Waals surface area (Å²) < 4.78 is 10.2. The standard InChI is InChI=1S/C19H15ClN2O4/c20-14-7-5-13(6-8-14)11-16(22-19(24)17-4-2-10-26-17)18(23)21-12-15-3-1-9-25-15/h1-11H,12H2,(H,21,23)(H,22,24)/b16-11-. The smallest absolute Gasteiger partial charge is 0.291 e. The Bertz CT molecular complexity index is 898. The van der Waals surface area contributed by atoms with E-state index < -0.39 is 11.8 Å². The van der Waals surface area contributed by atoms with Gasteiger partial charge in [-0.1, -0.05) is 23.7 Å². The first-order chi connectivity index (χ1) is 12.6. The van der Waals surface area contributed by atoms with Crippen LogP contribution in [0.1, 0.15) is 21.9 Å². The van der Waals surface area contributed by atoms with Crippen LogP contribution in [0.2, 0.25) is 5.02 Å². The van der Waals surface area contributed by atoms with Crippen LogP contribution in [0, 0.1) is 0 Å². The molecule has 2 aromatic heterocycles. The Balaban J connectivity index is 1.78. The molecule has 1 aromatic carbocycles. The predicted molar refractivity (Wildman–Crippen MR) is 96.2 cm³/mol. The molecular weight excluding hydrogens is 356 g/mol. The van der Waals surface area contributed by atoms with Gasteiger partial charge in [-0.2, -0.15) is 0 Å². The van der Waals surface area contributed by atoms with Crippen molar-refractivity contribution in [1.82, 2.24) is 10.6 Å². The van der Waals surface area contributed by atoms with E-state index in [-0.39, 0.29) is 18.0 Å². The van der Waals surface area contributed by atoms with Gasteiger partial charge < -0.3 is 19.5 Å². The van der Waals surface area contributed by atoms with Crippen LogP contribution in [0.15, 0.2) is 75.6 Å². The summed E-state index contributed by atoms with van der Waals surface area (Å²) in [6.45, 7) is 0.195. The maximum Gasteiger partial charge on any atom is 0.291 e. The first-order valence-electron chi connectivity index (χ1n) is 7.74. The zero-order valence-electron chi connectivity index (χ0n) is 13.6. The summed E-state index contributed by atoms with van der Waals surface area (Å²) in [7, 11) is 0. The van der Waals surface area contributed by atoms with E-state index in [4.69, 9.17) is 20.4 Å². The van der Waals surface area contributed by atoms with Crippen LogP contribution < -0.4 is 10.6 Å². The van der Waals surface area contributed by atoms with Gasteiger partial charge in [0.05, 0.1) is 19.1 Å². The number of carbonyl (C=O) groups excluding carboxylic acids is 2. The fourth-order valence-electron chi connectivity index (χ4n) is 2.15. The maximum absolute atomic E-state index is 12.5. The summed E-state index contributed by atoms with van der Waals surface area (Å²) in [5.74, 6) is -0.285. The maximum atomic E-state index is 12.5. The van der Waals surface area contributed by atoms with Crippen molar-refractivity contribution in [3.8, 4) is 0 Å². The monoisotopic (exact) mass is 370 g/mol. The van der Waals surface area contributed by atoms with Gasteiger partial charge in [0.25, 0.3) is 11.8 Å². The highest BCUT2D eigenvalue weighted by atomic mass is 35.5. The van der Waals surface area contributed by atoms with Gasteiger partial charge in [-0.05, 0) is 48.0 Å². The minimum Gasteiger partial charge on any atom is -0.467 e. The molecule has 0 radical (unpaired) electrons. The highest BCUT2D eigenvalue weighted by Crippen LogP contribution is 2.13. The Morgan fingerprint density at radius 3 is 2.38 bits per heavy atom. The summed E-state index contributed by atoms with van der Waals surface area (Å²) >= 11 is 5.88. The van der Waals surface area contributed by atoms with Crippen molar-refractivity contribution in [3.63, 3.8) is 0 Å². The molecule has 7 heteroatoms. The predicted octanol–water partition coefficient (Wildman–Crippen LogP) is 3.61. The lowest BCUT2D eigenvalue weighted by Crippen LogP contribution is -2.34. The molecule has 0 spiro atoms. The molecule has 0 bridgehead atoms. The highest BCUT2D eigenvalue weighted by Gasteiger charge is 2.16. The molecule has 0 fully saturated rings. The van der Waals surface area contributed by atoms with Gasteiger partial charge in [0.15, 0.2) is 5.76 Å². The SMILES string of the molecule is O=C(NCc1ccco1)/C(=C/c1ccc(Cl)cc1)NC(=O)c1ccco1. The summed E-state index contributed by atoms with van der Waals surface area (Å²) in [5.41, 5.74) is 0.776. The molecule has 0 aliphatic rings. The third-order valence-corrected chi connectivity index (χ3v) is 3.67. The third kappa shape index (κ3) is 4.64. The van der Waals surface area contributed by atoms with Gasteiger partial charge in [-0.15, -0.1) is 0 Å². The van der Waals surface area contributed by atoms with E-state index in [1.165, 1.54) is 18.6 Å². The van der Waals surface area contributed by atoms with E-state index in [1.807, 2.05) is 0 Å². The van der Waals surface area contributed by atoms with Crippen molar-refractivity contribution in [3.05, 3.63) is 88.9 Å². The van der Waals surface area contributed by atoms with Crippen molar-refractivity contribution in [2.45, 2.75) is 6.54 Å². The van der Waals surface area contributed by atoms with Crippen molar-refractivity contribution >= 4 is 29.5 Å². The molecule has 0 saturated carbocycles. The Hall–Kier alpha value is -3.25. The van der Waals surface area contributed by atoms with Gasteiger partial charge >= 0.3 is 0 Å². The second-order valence-electron chi connectivity index (χ2n) is 5.30. The number of hydrogen-bond donors (Lipinski definition) is 2. The lowest BCUT2D eigenvalue weighted by Gasteiger charge is -2.09. The second-order valence-corrected chi connectivity index (χ2v) is 5.74. The van der Waals surface area contributed by atoms with Gasteiger partial charge in [-0.25, -0.2) is 0 Å². The van der Waals surface area contributed by atoms with Crippen LogP contribution in [0.5, 0.6) is 0 Å². The summed E-state index contributed by atoms with van der Waals surface area (Å²) in [4.78, 5) is 24.8. The minimum absolute atomic E-state index is 0.0697. The van der Waals surface area contributed by atoms with Crippen molar-refractivity contribution < 1.29 is 18.4 Å². The van der Waals surface area contributed by atoms with Crippen LogP contribution in [0.3, 0.4) is 0 Å². The van der Waals surface area contributed by atoms with E-state index in [1.54, 1.807) is 48.5 Å². The Morgan fingerprint density at radius 2 is 1.73 bits per heavy atom. The topological polar surface area (TPSA) is 84.5 Å². The fourth-order valence-corrected chi connectivity index (χ4v) is 2.28. The number of nitrogens with one attached hydrogen (secondary N) is 2. The number of benzene rings is 1. The molecule has 3 aromatic rings. The summed E-state index contributed by atoms with van der Waals surface area (Å²) in [5, 5.41) is 5.83. The highest BCUT2D eigenvalue weighted by molar-refractivity contribution is 6.30. The molecule has 0 aliphatic carbocycles. The molecule has 3 rings (SSSR count). The lowest BCUT2D eigenvalue weighted by molar-refractivity contribution is -0.118. The first-order valence-corrected chi connectivity index (χ1v) is 8.12. The Labute approximate surface area is 154 Å². The third-order valence-electron chi connectivity index (χ3n) is 3.42. The van der Waals surface area contributed by atoms with Crippen LogP contribution in [-0.2, 0) is 11.3 Å². The van der Waals surface area contributed by atoms with Gasteiger partial charge in [0.2, 0.25) is 0 Å². The van der Waals surface area contributed by atoms with Crippen molar-refractivity contribution in [2.24, 2.45) is 0 Å². The van der Waals surface area contributed by atoms with Crippen LogP contribution >= 0.6 is 11.6 Å². The summed E-state index contributed by atoms with van der Waals surface area (Å²) in [6, 6.07) is 13.4. The van der Waals surface area contributed by atoms with E-state index in [2.05, 4.69) is 10.6 Å². The molecule has 2 heterocycles. The normalized spacial score (nSPS) is 11.2. The number of furan rings is 2. The largest absolute Gasteiger partial charge is 0.467 e. The van der Waals surface area contributed by atoms with Crippen LogP contribution in [0.4, 0.5) is 0 Å². The number of rotatable bonds is 6. The Morgan fingerprint density at radius 1 is 1.00 bits per heavy atom. The van der Waals surface area contributed by atoms with E-state index in [0.717, 1.165) is 0 Å². The molecule has 0 atom stereocenters. The van der Waals surface area contributed by atoms with Crippen LogP contribution in [0.25, 0.3) is 6.08 Å². The second kappa shape index (κ2) is 8.22. The van der Waals surface area contributed by atoms with E-state index in [9.17, 15) is 9.59 Å². The average Bonchev–Trinajstić information content (AvgIpc) is 3.34. The zero-order valence-corrected chi connectivity index (χ0v) is 14.3. The average molecular weight is 371 g/mol. The molecular formula is C19H15ClN2O4. The lowest BCUT2D eigenvalue weighted by atomic mass is 10.2. The Kier molecular flexibility index (Phi) is 5.56. The number of halogens is 1. The van der Waals surface area contributed by atoms with Gasteiger partial charge in [-0.3, -0.25) is 9.59 Å². The number of amides is 2. The zero-order chi connectivity index (χ0) is 18.4. The van der Waals surface area contributed by atoms with Crippen molar-refractivity contribution in [2.75, 3.05) is 0 Å². The van der Waals surface area contributed by atoms with E-state index in [0.29, 0.717) is 16.3 Å². The molecule has 6 nitrogen and oxygen atoms in total. The quantitative estimate of drug-likeness (QED) is 0.649. The summed E-state index contributed by atoms with van der Waals surface area (Å²) in [6.07, 6.45) is 4.45. The molecule has 0 unspecified atom stereocenters. The molecule has 2 amide bonds. The number of hydrogen-bond acceptors (Lipinski definition) is 4. The van der Waals surface area contributed by atoms with E-state index >= 15 is 0 Å². The van der Waals surface area contributed by atoms with Crippen molar-refractivity contribution in [1.29, 1.82) is 0 Å². The molecule has 132 valence electrons.